The molecule has 32 heavy (non-hydrogen) atoms. The van der Waals surface area contributed by atoms with Crippen LogP contribution in [0.5, 0.6) is 0 Å². The first-order valence-corrected chi connectivity index (χ1v) is 11.1. The van der Waals surface area contributed by atoms with Crippen molar-refractivity contribution in [3.63, 3.8) is 0 Å². The molecule has 0 unspecified atom stereocenters. The van der Waals surface area contributed by atoms with E-state index in [4.69, 9.17) is 0 Å². The van der Waals surface area contributed by atoms with Crippen molar-refractivity contribution < 1.29 is 18.0 Å². The van der Waals surface area contributed by atoms with Crippen LogP contribution in [0.2, 0.25) is 0 Å². The number of carbonyl (C=O) groups excluding carboxylic acids is 1. The third-order valence-corrected chi connectivity index (χ3v) is 5.90. The molecule has 1 aromatic heterocycles. The summed E-state index contributed by atoms with van der Waals surface area (Å²) >= 11 is 0. The molecule has 0 radical (unpaired) electrons. The maximum atomic E-state index is 12.8. The number of nitrogens with zero attached hydrogens (tertiary/aromatic N) is 5. The second-order valence-corrected chi connectivity index (χ2v) is 8.36. The normalized spacial score (nSPS) is 14.3. The van der Waals surface area contributed by atoms with Crippen molar-refractivity contribution in [1.29, 1.82) is 0 Å². The Morgan fingerprint density at radius 3 is 2.34 bits per heavy atom. The summed E-state index contributed by atoms with van der Waals surface area (Å²) in [6.45, 7) is 7.80. The number of hydrogen-bond acceptors (Lipinski definition) is 4. The number of carbonyl (C=O) groups is 1. The summed E-state index contributed by atoms with van der Waals surface area (Å²) in [6.07, 6.45) is -4.65. The summed E-state index contributed by atoms with van der Waals surface area (Å²) in [4.78, 5) is 18.6. The Bertz CT molecular complexity index is 917. The van der Waals surface area contributed by atoms with Crippen molar-refractivity contribution in [3.8, 4) is 0 Å². The molecular weight excluding hydrogens is 419 g/mol. The highest BCUT2D eigenvalue weighted by molar-refractivity contribution is 5.93. The van der Waals surface area contributed by atoms with Gasteiger partial charge in [-0.15, -0.1) is 0 Å². The summed E-state index contributed by atoms with van der Waals surface area (Å²) in [6, 6.07) is 8.46. The lowest BCUT2D eigenvalue weighted by Gasteiger charge is -2.28. The van der Waals surface area contributed by atoms with Crippen molar-refractivity contribution in [3.05, 3.63) is 46.8 Å². The third-order valence-electron chi connectivity index (χ3n) is 5.90. The van der Waals surface area contributed by atoms with Gasteiger partial charge in [-0.3, -0.25) is 14.4 Å². The van der Waals surface area contributed by atoms with Crippen LogP contribution in [0.4, 0.5) is 18.9 Å². The summed E-state index contributed by atoms with van der Waals surface area (Å²) in [5, 5.41) is 4.30. The number of alkyl halides is 3. The predicted octanol–water partition coefficient (Wildman–Crippen LogP) is 3.94. The highest BCUT2D eigenvalue weighted by atomic mass is 19.4. The van der Waals surface area contributed by atoms with E-state index in [1.807, 2.05) is 0 Å². The molecule has 2 heterocycles. The molecule has 0 bridgehead atoms. The van der Waals surface area contributed by atoms with Gasteiger partial charge in [0.2, 0.25) is 0 Å². The van der Waals surface area contributed by atoms with Gasteiger partial charge in [-0.25, -0.2) is 0 Å². The minimum absolute atomic E-state index is 0.258. The highest BCUT2D eigenvalue weighted by Crippen LogP contribution is 2.27. The monoisotopic (exact) mass is 451 g/mol. The maximum Gasteiger partial charge on any atom is 0.390 e. The first-order chi connectivity index (χ1) is 15.1. The van der Waals surface area contributed by atoms with Gasteiger partial charge in [0.25, 0.3) is 5.91 Å². The van der Waals surface area contributed by atoms with Gasteiger partial charge < -0.3 is 9.80 Å². The molecule has 0 spiro atoms. The quantitative estimate of drug-likeness (QED) is 0.610. The summed E-state index contributed by atoms with van der Waals surface area (Å²) in [5.41, 5.74) is 4.09. The van der Waals surface area contributed by atoms with Crippen LogP contribution in [0, 0.1) is 0 Å². The van der Waals surface area contributed by atoms with Gasteiger partial charge in [0, 0.05) is 76.7 Å². The van der Waals surface area contributed by atoms with Crippen LogP contribution < -0.4 is 4.90 Å². The number of rotatable bonds is 8. The fourth-order valence-electron chi connectivity index (χ4n) is 4.14. The van der Waals surface area contributed by atoms with E-state index in [9.17, 15) is 18.0 Å². The van der Waals surface area contributed by atoms with Crippen molar-refractivity contribution in [1.82, 2.24) is 19.6 Å². The molecule has 3 rings (SSSR count). The van der Waals surface area contributed by atoms with Gasteiger partial charge >= 0.3 is 6.18 Å². The van der Waals surface area contributed by atoms with E-state index in [2.05, 4.69) is 53.0 Å². The molecule has 1 aliphatic rings. The Balaban J connectivity index is 1.78. The van der Waals surface area contributed by atoms with E-state index in [-0.39, 0.29) is 18.1 Å². The topological polar surface area (TPSA) is 44.6 Å². The Hall–Kier alpha value is -2.55. The number of aromatic nitrogens is 2. The molecule has 0 atom stereocenters. The zero-order chi connectivity index (χ0) is 23.5. The predicted molar refractivity (Wildman–Crippen MR) is 119 cm³/mol. The van der Waals surface area contributed by atoms with E-state index in [0.717, 1.165) is 29.9 Å². The number of benzene rings is 1. The van der Waals surface area contributed by atoms with E-state index >= 15 is 0 Å². The molecular formula is C23H32F3N5O. The third kappa shape index (κ3) is 5.62. The molecule has 0 aliphatic carbocycles. The molecule has 176 valence electrons. The van der Waals surface area contributed by atoms with Gasteiger partial charge in [0.1, 0.15) is 0 Å². The first-order valence-electron chi connectivity index (χ1n) is 11.1. The van der Waals surface area contributed by atoms with E-state index in [0.29, 0.717) is 26.1 Å². The van der Waals surface area contributed by atoms with Crippen LogP contribution in [0.1, 0.15) is 47.6 Å². The van der Waals surface area contributed by atoms with Crippen LogP contribution in [0.25, 0.3) is 0 Å². The number of fused-ring (bicyclic) bond motifs is 1. The fraction of sp³-hybridized carbons (Fsp3) is 0.565. The van der Waals surface area contributed by atoms with Gasteiger partial charge in [0.15, 0.2) is 5.69 Å². The number of halogens is 3. The summed E-state index contributed by atoms with van der Waals surface area (Å²) in [5.74, 6) is -0.280. The second kappa shape index (κ2) is 9.94. The van der Waals surface area contributed by atoms with Crippen molar-refractivity contribution in [2.75, 3.05) is 38.6 Å². The second-order valence-electron chi connectivity index (χ2n) is 8.36. The highest BCUT2D eigenvalue weighted by Gasteiger charge is 2.32. The number of aryl methyl sites for hydroxylation is 1. The first kappa shape index (κ1) is 24.1. The lowest BCUT2D eigenvalue weighted by Crippen LogP contribution is -2.32. The maximum absolute atomic E-state index is 12.8. The smallest absolute Gasteiger partial charge is 0.372 e. The van der Waals surface area contributed by atoms with Gasteiger partial charge in [0.05, 0.1) is 6.42 Å². The molecule has 0 saturated carbocycles. The average Bonchev–Trinajstić information content (AvgIpc) is 3.11. The Labute approximate surface area is 187 Å². The Morgan fingerprint density at radius 1 is 1.12 bits per heavy atom. The zero-order valence-corrected chi connectivity index (χ0v) is 19.2. The average molecular weight is 452 g/mol. The van der Waals surface area contributed by atoms with Crippen LogP contribution in [0.15, 0.2) is 24.3 Å². The molecule has 1 aliphatic heterocycles. The largest absolute Gasteiger partial charge is 0.390 e. The van der Waals surface area contributed by atoms with Crippen molar-refractivity contribution in [2.45, 2.75) is 52.5 Å². The van der Waals surface area contributed by atoms with E-state index in [1.54, 1.807) is 14.1 Å². The van der Waals surface area contributed by atoms with Gasteiger partial charge in [-0.2, -0.15) is 18.3 Å². The molecule has 2 aromatic rings. The zero-order valence-electron chi connectivity index (χ0n) is 19.2. The van der Waals surface area contributed by atoms with Gasteiger partial charge in [-0.1, -0.05) is 12.1 Å². The minimum Gasteiger partial charge on any atom is -0.372 e. The van der Waals surface area contributed by atoms with Crippen molar-refractivity contribution in [2.24, 2.45) is 0 Å². The van der Waals surface area contributed by atoms with Crippen LogP contribution in [-0.2, 0) is 26.1 Å². The molecule has 0 saturated heterocycles. The SMILES string of the molecule is CCN(CC)c1ccc(CN2CCc3c(c(C(=O)N(C)C)nn3CCC(F)(F)F)C2)cc1. The lowest BCUT2D eigenvalue weighted by atomic mass is 10.0. The van der Waals surface area contributed by atoms with Crippen molar-refractivity contribution >= 4 is 11.6 Å². The minimum atomic E-state index is -4.26. The van der Waals surface area contributed by atoms with E-state index in [1.165, 1.54) is 15.3 Å². The number of hydrogen-bond donors (Lipinski definition) is 0. The standard InChI is InChI=1S/C23H32F3N5O/c1-5-30(6-2)18-9-7-17(8-10-18)15-29-13-11-20-19(16-29)21(22(32)28(3)4)27-31(20)14-12-23(24,25)26/h7-10H,5-6,11-16H2,1-4H3. The van der Waals surface area contributed by atoms with Crippen LogP contribution >= 0.6 is 0 Å². The molecule has 0 fully saturated rings. The molecule has 0 N–H and O–H groups in total. The van der Waals surface area contributed by atoms with E-state index < -0.39 is 12.6 Å². The number of anilines is 1. The Kier molecular flexibility index (Phi) is 7.48. The molecule has 9 heteroatoms. The summed E-state index contributed by atoms with van der Waals surface area (Å²) in [7, 11) is 3.25. The molecule has 6 nitrogen and oxygen atoms in total. The van der Waals surface area contributed by atoms with Crippen LogP contribution in [0.3, 0.4) is 0 Å². The van der Waals surface area contributed by atoms with Crippen LogP contribution in [-0.4, -0.2) is 65.4 Å². The summed E-state index contributed by atoms with van der Waals surface area (Å²) < 4.78 is 39.7. The fourth-order valence-corrected chi connectivity index (χ4v) is 4.14. The Morgan fingerprint density at radius 2 is 1.78 bits per heavy atom. The number of amides is 1. The molecule has 1 amide bonds. The lowest BCUT2D eigenvalue weighted by molar-refractivity contribution is -0.137. The van der Waals surface area contributed by atoms with Gasteiger partial charge in [-0.05, 0) is 31.5 Å². The molecule has 1 aromatic carbocycles.